The monoisotopic (exact) mass is 289 g/mol. The molecule has 21 heavy (non-hydrogen) atoms. The van der Waals surface area contributed by atoms with Gasteiger partial charge in [-0.05, 0) is 23.8 Å². The van der Waals surface area contributed by atoms with Gasteiger partial charge in [-0.25, -0.2) is 4.98 Å². The van der Waals surface area contributed by atoms with Crippen LogP contribution in [0.4, 0.5) is 0 Å². The fraction of sp³-hybridized carbons (Fsp3) is 0.214. The summed E-state index contributed by atoms with van der Waals surface area (Å²) >= 11 is 0. The fourth-order valence-corrected chi connectivity index (χ4v) is 1.76. The molecule has 0 saturated heterocycles. The minimum absolute atomic E-state index is 0.135. The molecule has 2 aromatic rings. The van der Waals surface area contributed by atoms with Gasteiger partial charge in [0, 0.05) is 12.1 Å². The van der Waals surface area contributed by atoms with Crippen molar-refractivity contribution < 1.29 is 24.3 Å². The van der Waals surface area contributed by atoms with Gasteiger partial charge < -0.3 is 24.3 Å². The number of aromatic nitrogens is 1. The zero-order chi connectivity index (χ0) is 15.2. The van der Waals surface area contributed by atoms with E-state index in [4.69, 9.17) is 24.3 Å². The SMILES string of the molecule is COc1cc(COc2cccc(B(O)O)n2)cc(OC)c1. The summed E-state index contributed by atoms with van der Waals surface area (Å²) < 4.78 is 15.9. The first-order valence-corrected chi connectivity index (χ1v) is 6.30. The maximum Gasteiger partial charge on any atom is 0.508 e. The Morgan fingerprint density at radius 1 is 1.05 bits per heavy atom. The Labute approximate surface area is 123 Å². The average molecular weight is 289 g/mol. The van der Waals surface area contributed by atoms with Gasteiger partial charge in [0.2, 0.25) is 5.88 Å². The summed E-state index contributed by atoms with van der Waals surface area (Å²) in [6.07, 6.45) is 0. The number of benzene rings is 1. The minimum Gasteiger partial charge on any atom is -0.497 e. The molecule has 0 atom stereocenters. The normalized spacial score (nSPS) is 10.1. The van der Waals surface area contributed by atoms with Crippen LogP contribution in [0.1, 0.15) is 5.56 Å². The number of methoxy groups -OCH3 is 2. The van der Waals surface area contributed by atoms with Crippen LogP contribution in [0.25, 0.3) is 0 Å². The zero-order valence-corrected chi connectivity index (χ0v) is 11.8. The molecule has 1 aromatic heterocycles. The van der Waals surface area contributed by atoms with Gasteiger partial charge in [0.25, 0.3) is 0 Å². The molecule has 1 heterocycles. The molecule has 0 bridgehead atoms. The number of ether oxygens (including phenoxy) is 3. The van der Waals surface area contributed by atoms with Crippen molar-refractivity contribution in [3.05, 3.63) is 42.0 Å². The Morgan fingerprint density at radius 2 is 1.71 bits per heavy atom. The van der Waals surface area contributed by atoms with Crippen molar-refractivity contribution in [2.45, 2.75) is 6.61 Å². The topological polar surface area (TPSA) is 81.0 Å². The highest BCUT2D eigenvalue weighted by molar-refractivity contribution is 6.57. The van der Waals surface area contributed by atoms with Crippen molar-refractivity contribution in [1.82, 2.24) is 4.98 Å². The minimum atomic E-state index is -1.62. The van der Waals surface area contributed by atoms with Crippen LogP contribution in [-0.4, -0.2) is 36.4 Å². The molecule has 0 spiro atoms. The van der Waals surface area contributed by atoms with E-state index in [1.165, 1.54) is 6.07 Å². The molecule has 0 radical (unpaired) electrons. The molecule has 0 aliphatic heterocycles. The summed E-state index contributed by atoms with van der Waals surface area (Å²) in [7, 11) is 1.53. The van der Waals surface area contributed by atoms with Crippen LogP contribution in [0, 0.1) is 0 Å². The molecular weight excluding hydrogens is 273 g/mol. The van der Waals surface area contributed by atoms with E-state index in [1.54, 1.807) is 32.4 Å². The lowest BCUT2D eigenvalue weighted by molar-refractivity contribution is 0.292. The first kappa shape index (κ1) is 15.1. The first-order chi connectivity index (χ1) is 10.1. The van der Waals surface area contributed by atoms with Crippen LogP contribution in [0.5, 0.6) is 17.4 Å². The predicted molar refractivity (Wildman–Crippen MR) is 77.9 cm³/mol. The summed E-state index contributed by atoms with van der Waals surface area (Å²) in [4.78, 5) is 3.99. The third kappa shape index (κ3) is 4.11. The van der Waals surface area contributed by atoms with Gasteiger partial charge in [0.05, 0.1) is 19.8 Å². The summed E-state index contributed by atoms with van der Waals surface area (Å²) in [5.74, 6) is 1.64. The van der Waals surface area contributed by atoms with Gasteiger partial charge in [-0.15, -0.1) is 0 Å². The summed E-state index contributed by atoms with van der Waals surface area (Å²) in [6, 6.07) is 10.2. The second-order valence-electron chi connectivity index (χ2n) is 4.28. The Morgan fingerprint density at radius 3 is 2.29 bits per heavy atom. The van der Waals surface area contributed by atoms with Crippen LogP contribution in [0.3, 0.4) is 0 Å². The number of hydrogen-bond acceptors (Lipinski definition) is 6. The maximum absolute atomic E-state index is 9.07. The number of nitrogens with zero attached hydrogens (tertiary/aromatic N) is 1. The zero-order valence-electron chi connectivity index (χ0n) is 11.8. The van der Waals surface area contributed by atoms with Crippen molar-refractivity contribution >= 4 is 12.7 Å². The largest absolute Gasteiger partial charge is 0.508 e. The molecule has 110 valence electrons. The van der Waals surface area contributed by atoms with Crippen LogP contribution in [0.15, 0.2) is 36.4 Å². The smallest absolute Gasteiger partial charge is 0.497 e. The Balaban J connectivity index is 2.10. The molecule has 2 N–H and O–H groups in total. The van der Waals surface area contributed by atoms with E-state index in [-0.39, 0.29) is 12.2 Å². The van der Waals surface area contributed by atoms with Gasteiger partial charge in [-0.1, -0.05) is 6.07 Å². The second kappa shape index (κ2) is 6.96. The van der Waals surface area contributed by atoms with Crippen LogP contribution >= 0.6 is 0 Å². The van der Waals surface area contributed by atoms with Crippen LogP contribution in [-0.2, 0) is 6.61 Å². The average Bonchev–Trinajstić information content (AvgIpc) is 2.52. The van der Waals surface area contributed by atoms with E-state index in [1.807, 2.05) is 12.1 Å². The van der Waals surface area contributed by atoms with Gasteiger partial charge in [0.15, 0.2) is 0 Å². The summed E-state index contributed by atoms with van der Waals surface area (Å²) in [5.41, 5.74) is 0.985. The van der Waals surface area contributed by atoms with Crippen molar-refractivity contribution in [2.24, 2.45) is 0 Å². The highest BCUT2D eigenvalue weighted by Gasteiger charge is 2.13. The Hall–Kier alpha value is -2.25. The van der Waals surface area contributed by atoms with Crippen LogP contribution in [0.2, 0.25) is 0 Å². The number of hydrogen-bond donors (Lipinski definition) is 2. The van der Waals surface area contributed by atoms with Crippen molar-refractivity contribution in [3.63, 3.8) is 0 Å². The molecule has 0 aliphatic carbocycles. The third-order valence-electron chi connectivity index (χ3n) is 2.81. The predicted octanol–water partition coefficient (Wildman–Crippen LogP) is 0.358. The maximum atomic E-state index is 9.07. The Bertz CT molecular complexity index is 583. The lowest BCUT2D eigenvalue weighted by Gasteiger charge is -2.10. The summed E-state index contributed by atoms with van der Waals surface area (Å²) in [5, 5.41) is 18.1. The molecule has 0 amide bonds. The third-order valence-corrected chi connectivity index (χ3v) is 2.81. The van der Waals surface area contributed by atoms with Gasteiger partial charge in [0.1, 0.15) is 18.1 Å². The van der Waals surface area contributed by atoms with Gasteiger partial charge in [-0.3, -0.25) is 0 Å². The van der Waals surface area contributed by atoms with Crippen molar-refractivity contribution in [3.8, 4) is 17.4 Å². The first-order valence-electron chi connectivity index (χ1n) is 6.30. The van der Waals surface area contributed by atoms with E-state index in [0.29, 0.717) is 17.4 Å². The summed E-state index contributed by atoms with van der Waals surface area (Å²) in [6.45, 7) is 0.255. The van der Waals surface area contributed by atoms with E-state index in [0.717, 1.165) is 5.56 Å². The molecule has 0 fully saturated rings. The van der Waals surface area contributed by atoms with Crippen molar-refractivity contribution in [2.75, 3.05) is 14.2 Å². The van der Waals surface area contributed by atoms with Gasteiger partial charge in [-0.2, -0.15) is 0 Å². The molecule has 2 rings (SSSR count). The van der Waals surface area contributed by atoms with E-state index < -0.39 is 7.12 Å². The molecule has 7 heteroatoms. The van der Waals surface area contributed by atoms with Crippen molar-refractivity contribution in [1.29, 1.82) is 0 Å². The van der Waals surface area contributed by atoms with Gasteiger partial charge >= 0.3 is 7.12 Å². The number of pyridine rings is 1. The molecule has 1 aromatic carbocycles. The van der Waals surface area contributed by atoms with E-state index in [2.05, 4.69) is 4.98 Å². The highest BCUT2D eigenvalue weighted by Crippen LogP contribution is 2.23. The standard InChI is InChI=1S/C14H16BNO5/c1-19-11-6-10(7-12(8-11)20-2)9-21-14-5-3-4-13(16-14)15(17)18/h3-8,17-18H,9H2,1-2H3. The Kier molecular flexibility index (Phi) is 5.02. The lowest BCUT2D eigenvalue weighted by Crippen LogP contribution is -2.32. The molecule has 0 saturated carbocycles. The second-order valence-corrected chi connectivity index (χ2v) is 4.28. The molecular formula is C14H16BNO5. The fourth-order valence-electron chi connectivity index (χ4n) is 1.76. The lowest BCUT2D eigenvalue weighted by atomic mass is 9.86. The highest BCUT2D eigenvalue weighted by atomic mass is 16.5. The number of rotatable bonds is 6. The molecule has 6 nitrogen and oxygen atoms in total. The van der Waals surface area contributed by atoms with E-state index >= 15 is 0 Å². The molecule has 0 unspecified atom stereocenters. The molecule has 0 aliphatic rings. The van der Waals surface area contributed by atoms with E-state index in [9.17, 15) is 0 Å². The quantitative estimate of drug-likeness (QED) is 0.747. The van der Waals surface area contributed by atoms with Crippen LogP contribution < -0.4 is 19.8 Å².